The van der Waals surface area contributed by atoms with Crippen LogP contribution in [0.4, 0.5) is 5.69 Å². The first-order valence-electron chi connectivity index (χ1n) is 7.46. The Labute approximate surface area is 134 Å². The molecule has 2 aromatic rings. The lowest BCUT2D eigenvalue weighted by Crippen LogP contribution is -2.43. The molecule has 1 aromatic heterocycles. The minimum absolute atomic E-state index is 0.00740. The summed E-state index contributed by atoms with van der Waals surface area (Å²) in [6.45, 7) is 5.30. The fourth-order valence-corrected chi connectivity index (χ4v) is 3.87. The molecule has 0 aliphatic heterocycles. The molecular formula is C17H22BrN3. The van der Waals surface area contributed by atoms with Crippen molar-refractivity contribution in [1.29, 1.82) is 0 Å². The fraction of sp³-hybridized carbons (Fsp3) is 0.471. The standard InChI is InChI=1S/C17H22BrN3/c1-16(2)6-7-17(10-16,11-19)21-14-5-3-4-12-8-13(18)9-20-15(12)14/h3-5,8-9,21H,6-7,10-11,19H2,1-2H3. The van der Waals surface area contributed by atoms with Crippen LogP contribution in [-0.4, -0.2) is 17.1 Å². The number of nitrogens with zero attached hydrogens (tertiary/aromatic N) is 1. The smallest absolute Gasteiger partial charge is 0.0934 e. The minimum atomic E-state index is -0.00740. The molecule has 4 heteroatoms. The van der Waals surface area contributed by atoms with Crippen LogP contribution in [0.15, 0.2) is 34.9 Å². The van der Waals surface area contributed by atoms with Crippen LogP contribution in [0, 0.1) is 5.41 Å². The zero-order chi connectivity index (χ0) is 15.1. The SMILES string of the molecule is CC1(C)CCC(CN)(Nc2cccc3cc(Br)cnc23)C1. The van der Waals surface area contributed by atoms with E-state index < -0.39 is 0 Å². The molecule has 0 bridgehead atoms. The normalized spacial score (nSPS) is 24.4. The van der Waals surface area contributed by atoms with Crippen LogP contribution in [0.2, 0.25) is 0 Å². The van der Waals surface area contributed by atoms with E-state index in [-0.39, 0.29) is 5.54 Å². The maximum Gasteiger partial charge on any atom is 0.0934 e. The third-order valence-electron chi connectivity index (χ3n) is 4.57. The summed E-state index contributed by atoms with van der Waals surface area (Å²) < 4.78 is 1.00. The maximum atomic E-state index is 6.12. The van der Waals surface area contributed by atoms with Crippen molar-refractivity contribution < 1.29 is 0 Å². The van der Waals surface area contributed by atoms with Crippen LogP contribution in [0.3, 0.4) is 0 Å². The van der Waals surface area contributed by atoms with E-state index in [1.54, 1.807) is 0 Å². The number of nitrogens with one attached hydrogen (secondary N) is 1. The molecule has 1 aromatic carbocycles. The Morgan fingerprint density at radius 3 is 2.81 bits per heavy atom. The number of halogens is 1. The van der Waals surface area contributed by atoms with Gasteiger partial charge in [-0.2, -0.15) is 0 Å². The van der Waals surface area contributed by atoms with Gasteiger partial charge in [0.05, 0.1) is 16.7 Å². The van der Waals surface area contributed by atoms with Crippen molar-refractivity contribution in [2.24, 2.45) is 11.1 Å². The summed E-state index contributed by atoms with van der Waals surface area (Å²) in [4.78, 5) is 4.57. The molecule has 3 rings (SSSR count). The van der Waals surface area contributed by atoms with Crippen molar-refractivity contribution >= 4 is 32.5 Å². The highest BCUT2D eigenvalue weighted by Gasteiger charge is 2.42. The molecule has 1 saturated carbocycles. The van der Waals surface area contributed by atoms with Gasteiger partial charge in [0.25, 0.3) is 0 Å². The number of benzene rings is 1. The van der Waals surface area contributed by atoms with Gasteiger partial charge < -0.3 is 11.1 Å². The van der Waals surface area contributed by atoms with Gasteiger partial charge in [0.1, 0.15) is 0 Å². The lowest BCUT2D eigenvalue weighted by molar-refractivity contribution is 0.351. The number of para-hydroxylation sites is 1. The first-order chi connectivity index (χ1) is 9.93. The van der Waals surface area contributed by atoms with E-state index >= 15 is 0 Å². The van der Waals surface area contributed by atoms with Gasteiger partial charge in [-0.3, -0.25) is 4.98 Å². The Hall–Kier alpha value is -1.13. The van der Waals surface area contributed by atoms with Crippen LogP contribution >= 0.6 is 15.9 Å². The number of pyridine rings is 1. The van der Waals surface area contributed by atoms with E-state index in [4.69, 9.17) is 5.73 Å². The Balaban J connectivity index is 1.98. The third-order valence-corrected chi connectivity index (χ3v) is 5.00. The van der Waals surface area contributed by atoms with Gasteiger partial charge >= 0.3 is 0 Å². The van der Waals surface area contributed by atoms with E-state index in [1.165, 1.54) is 6.42 Å². The largest absolute Gasteiger partial charge is 0.377 e. The molecule has 1 unspecified atom stereocenters. The van der Waals surface area contributed by atoms with E-state index in [0.29, 0.717) is 12.0 Å². The van der Waals surface area contributed by atoms with Gasteiger partial charge in [-0.25, -0.2) is 0 Å². The van der Waals surface area contributed by atoms with Gasteiger partial charge in [0.15, 0.2) is 0 Å². The summed E-state index contributed by atoms with van der Waals surface area (Å²) in [7, 11) is 0. The molecule has 1 atom stereocenters. The summed E-state index contributed by atoms with van der Waals surface area (Å²) >= 11 is 3.48. The first kappa shape index (κ1) is 14.8. The van der Waals surface area contributed by atoms with Crippen molar-refractivity contribution in [3.05, 3.63) is 34.9 Å². The Bertz CT molecular complexity index is 668. The second-order valence-corrected chi connectivity index (χ2v) is 7.90. The van der Waals surface area contributed by atoms with Crippen molar-refractivity contribution in [3.63, 3.8) is 0 Å². The lowest BCUT2D eigenvalue weighted by Gasteiger charge is -2.32. The molecule has 0 spiro atoms. The number of nitrogens with two attached hydrogens (primary N) is 1. The summed E-state index contributed by atoms with van der Waals surface area (Å²) in [5.41, 5.74) is 8.56. The Kier molecular flexibility index (Phi) is 3.70. The summed E-state index contributed by atoms with van der Waals surface area (Å²) in [5, 5.41) is 4.86. The average molecular weight is 348 g/mol. The number of hydrogen-bond donors (Lipinski definition) is 2. The molecular weight excluding hydrogens is 326 g/mol. The summed E-state index contributed by atoms with van der Waals surface area (Å²) in [5.74, 6) is 0. The van der Waals surface area contributed by atoms with Crippen LogP contribution in [0.1, 0.15) is 33.1 Å². The molecule has 3 nitrogen and oxygen atoms in total. The van der Waals surface area contributed by atoms with Gasteiger partial charge in [0.2, 0.25) is 0 Å². The van der Waals surface area contributed by atoms with Gasteiger partial charge in [-0.1, -0.05) is 26.0 Å². The fourth-order valence-electron chi connectivity index (χ4n) is 3.52. The average Bonchev–Trinajstić information content (AvgIpc) is 2.75. The highest BCUT2D eigenvalue weighted by Crippen LogP contribution is 2.45. The highest BCUT2D eigenvalue weighted by molar-refractivity contribution is 9.10. The predicted octanol–water partition coefficient (Wildman–Crippen LogP) is 4.32. The van der Waals surface area contributed by atoms with Crippen molar-refractivity contribution in [2.75, 3.05) is 11.9 Å². The molecule has 0 radical (unpaired) electrons. The van der Waals surface area contributed by atoms with Crippen molar-refractivity contribution in [2.45, 2.75) is 38.6 Å². The zero-order valence-corrected chi connectivity index (χ0v) is 14.2. The van der Waals surface area contributed by atoms with Gasteiger partial charge in [-0.05, 0) is 52.7 Å². The number of fused-ring (bicyclic) bond motifs is 1. The second kappa shape index (κ2) is 5.25. The van der Waals surface area contributed by atoms with E-state index in [9.17, 15) is 0 Å². The molecule has 1 aliphatic carbocycles. The van der Waals surface area contributed by atoms with E-state index in [1.807, 2.05) is 6.20 Å². The molecule has 112 valence electrons. The monoisotopic (exact) mass is 347 g/mol. The number of anilines is 1. The summed E-state index contributed by atoms with van der Waals surface area (Å²) in [6.07, 6.45) is 5.27. The van der Waals surface area contributed by atoms with Crippen molar-refractivity contribution in [3.8, 4) is 0 Å². The van der Waals surface area contributed by atoms with Gasteiger partial charge in [-0.15, -0.1) is 0 Å². The highest BCUT2D eigenvalue weighted by atomic mass is 79.9. The molecule has 0 saturated heterocycles. The first-order valence-corrected chi connectivity index (χ1v) is 8.25. The van der Waals surface area contributed by atoms with Crippen LogP contribution in [0.5, 0.6) is 0 Å². The quantitative estimate of drug-likeness (QED) is 0.869. The predicted molar refractivity (Wildman–Crippen MR) is 92.5 cm³/mol. The topological polar surface area (TPSA) is 50.9 Å². The van der Waals surface area contributed by atoms with Crippen molar-refractivity contribution in [1.82, 2.24) is 4.98 Å². The zero-order valence-electron chi connectivity index (χ0n) is 12.6. The Morgan fingerprint density at radius 2 is 2.14 bits per heavy atom. The maximum absolute atomic E-state index is 6.12. The molecule has 1 heterocycles. The van der Waals surface area contributed by atoms with Crippen LogP contribution in [-0.2, 0) is 0 Å². The molecule has 1 aliphatic rings. The molecule has 3 N–H and O–H groups in total. The van der Waals surface area contributed by atoms with Gasteiger partial charge in [0, 0.05) is 22.6 Å². The third kappa shape index (κ3) is 2.92. The Morgan fingerprint density at radius 1 is 1.33 bits per heavy atom. The van der Waals surface area contributed by atoms with E-state index in [2.05, 4.69) is 64.3 Å². The molecule has 0 amide bonds. The van der Waals surface area contributed by atoms with Crippen LogP contribution < -0.4 is 11.1 Å². The molecule has 1 fully saturated rings. The summed E-state index contributed by atoms with van der Waals surface area (Å²) in [6, 6.07) is 8.36. The second-order valence-electron chi connectivity index (χ2n) is 6.98. The molecule has 21 heavy (non-hydrogen) atoms. The number of rotatable bonds is 3. The van der Waals surface area contributed by atoms with E-state index in [0.717, 1.165) is 33.9 Å². The van der Waals surface area contributed by atoms with Crippen LogP contribution in [0.25, 0.3) is 10.9 Å². The minimum Gasteiger partial charge on any atom is -0.377 e. The lowest BCUT2D eigenvalue weighted by atomic mass is 9.87. The number of hydrogen-bond acceptors (Lipinski definition) is 3. The number of aromatic nitrogens is 1.